The second-order valence-corrected chi connectivity index (χ2v) is 5.86. The van der Waals surface area contributed by atoms with Crippen LogP contribution in [0.5, 0.6) is 5.75 Å². The molecule has 130 valence electrons. The average Bonchev–Trinajstić information content (AvgIpc) is 2.98. The molecule has 0 saturated carbocycles. The molecule has 0 spiro atoms. The average molecular weight is 360 g/mol. The molecule has 1 amide bonds. The maximum Gasteiger partial charge on any atom is 0.265 e. The van der Waals surface area contributed by atoms with Crippen molar-refractivity contribution < 1.29 is 14.4 Å². The van der Waals surface area contributed by atoms with Crippen molar-refractivity contribution in [3.8, 4) is 5.75 Å². The second-order valence-electron chi connectivity index (χ2n) is 5.42. The number of benzene rings is 2. The topological polar surface area (TPSA) is 56.6 Å². The molecule has 3 aromatic rings. The van der Waals surface area contributed by atoms with Crippen LogP contribution in [-0.4, -0.2) is 34.7 Å². The number of halogens is 1. The molecular weight excluding hydrogens is 342 g/mol. The summed E-state index contributed by atoms with van der Waals surface area (Å²) in [6, 6.07) is 14.8. The van der Waals surface area contributed by atoms with E-state index in [-0.39, 0.29) is 19.1 Å². The minimum atomic E-state index is -0.182. The second kappa shape index (κ2) is 7.55. The lowest BCUT2D eigenvalue weighted by molar-refractivity contribution is -0.169. The van der Waals surface area contributed by atoms with Gasteiger partial charge in [-0.05, 0) is 36.4 Å². The fourth-order valence-corrected chi connectivity index (χ4v) is 2.55. The Morgan fingerprint density at radius 2 is 1.92 bits per heavy atom. The number of para-hydroxylation sites is 2. The van der Waals surface area contributed by atoms with Gasteiger partial charge in [0.05, 0.1) is 18.1 Å². The highest BCUT2D eigenvalue weighted by Gasteiger charge is 2.16. The lowest BCUT2D eigenvalue weighted by atomic mass is 10.3. The number of likely N-dealkylation sites (N-methyl/N-ethyl adjacent to an activating group) is 1. The zero-order valence-electron chi connectivity index (χ0n) is 14.0. The molecule has 0 aliphatic rings. The van der Waals surface area contributed by atoms with Crippen molar-refractivity contribution in [2.24, 2.45) is 0 Å². The van der Waals surface area contributed by atoms with Crippen molar-refractivity contribution in [2.75, 3.05) is 14.2 Å². The van der Waals surface area contributed by atoms with Crippen LogP contribution in [0.4, 0.5) is 0 Å². The Hall–Kier alpha value is -2.57. The number of rotatable bonds is 6. The largest absolute Gasteiger partial charge is 0.486 e. The van der Waals surface area contributed by atoms with Crippen LogP contribution in [0.25, 0.3) is 11.0 Å². The number of imidazole rings is 1. The van der Waals surface area contributed by atoms with Gasteiger partial charge in [0, 0.05) is 12.1 Å². The van der Waals surface area contributed by atoms with Gasteiger partial charge in [-0.2, -0.15) is 0 Å². The normalized spacial score (nSPS) is 10.8. The molecule has 3 rings (SSSR count). The van der Waals surface area contributed by atoms with Crippen molar-refractivity contribution in [1.29, 1.82) is 0 Å². The Morgan fingerprint density at radius 1 is 1.20 bits per heavy atom. The fraction of sp³-hybridized carbons (Fsp3) is 0.222. The molecule has 0 atom stereocenters. The number of hydroxylamine groups is 2. The van der Waals surface area contributed by atoms with Crippen LogP contribution in [0, 0.1) is 0 Å². The van der Waals surface area contributed by atoms with Crippen molar-refractivity contribution in [1.82, 2.24) is 14.6 Å². The van der Waals surface area contributed by atoms with E-state index in [1.54, 1.807) is 31.3 Å². The first-order valence-electron chi connectivity index (χ1n) is 7.71. The van der Waals surface area contributed by atoms with Crippen molar-refractivity contribution >= 4 is 28.5 Å². The van der Waals surface area contributed by atoms with Gasteiger partial charge in [0.2, 0.25) is 0 Å². The summed E-state index contributed by atoms with van der Waals surface area (Å²) in [5.41, 5.74) is 1.68. The van der Waals surface area contributed by atoms with Gasteiger partial charge >= 0.3 is 0 Å². The van der Waals surface area contributed by atoms with Crippen LogP contribution in [0.15, 0.2) is 48.5 Å². The lowest BCUT2D eigenvalue weighted by Crippen LogP contribution is -2.29. The van der Waals surface area contributed by atoms with E-state index in [1.165, 1.54) is 12.2 Å². The van der Waals surface area contributed by atoms with Crippen molar-refractivity contribution in [3.63, 3.8) is 0 Å². The third kappa shape index (κ3) is 3.92. The first kappa shape index (κ1) is 17.3. The fourth-order valence-electron chi connectivity index (χ4n) is 2.43. The van der Waals surface area contributed by atoms with E-state index in [0.717, 1.165) is 11.0 Å². The van der Waals surface area contributed by atoms with Gasteiger partial charge in [-0.1, -0.05) is 23.7 Å². The number of hydrogen-bond acceptors (Lipinski definition) is 4. The van der Waals surface area contributed by atoms with E-state index < -0.39 is 0 Å². The van der Waals surface area contributed by atoms with Gasteiger partial charge in [-0.15, -0.1) is 0 Å². The van der Waals surface area contributed by atoms with Gasteiger partial charge in [-0.25, -0.2) is 10.0 Å². The van der Waals surface area contributed by atoms with Gasteiger partial charge in [0.15, 0.2) is 0 Å². The first-order chi connectivity index (χ1) is 12.1. The molecule has 0 fully saturated rings. The van der Waals surface area contributed by atoms with E-state index in [2.05, 4.69) is 4.98 Å². The van der Waals surface area contributed by atoms with E-state index in [9.17, 15) is 4.79 Å². The Morgan fingerprint density at radius 3 is 2.64 bits per heavy atom. The van der Waals surface area contributed by atoms with Crippen LogP contribution in [0.2, 0.25) is 5.02 Å². The Labute approximate surface area is 150 Å². The molecule has 2 aromatic carbocycles. The van der Waals surface area contributed by atoms with E-state index >= 15 is 0 Å². The predicted molar refractivity (Wildman–Crippen MR) is 95.3 cm³/mol. The SMILES string of the molecule is CON(C)C(=O)Cn1c(COc2ccc(Cl)cc2)nc2ccccc21. The molecule has 0 radical (unpaired) electrons. The van der Waals surface area contributed by atoms with Crippen LogP contribution in [0.1, 0.15) is 5.82 Å². The molecule has 25 heavy (non-hydrogen) atoms. The number of ether oxygens (including phenoxy) is 1. The van der Waals surface area contributed by atoms with Gasteiger partial charge < -0.3 is 9.30 Å². The summed E-state index contributed by atoms with van der Waals surface area (Å²) >= 11 is 5.88. The molecule has 0 bridgehead atoms. The molecule has 7 heteroatoms. The monoisotopic (exact) mass is 359 g/mol. The van der Waals surface area contributed by atoms with E-state index in [1.807, 2.05) is 28.8 Å². The number of aromatic nitrogens is 2. The smallest absolute Gasteiger partial charge is 0.265 e. The molecule has 1 aromatic heterocycles. The van der Waals surface area contributed by atoms with Crippen molar-refractivity contribution in [2.45, 2.75) is 13.2 Å². The number of carbonyl (C=O) groups excluding carboxylic acids is 1. The zero-order chi connectivity index (χ0) is 17.8. The quantitative estimate of drug-likeness (QED) is 0.634. The van der Waals surface area contributed by atoms with Crippen LogP contribution >= 0.6 is 11.6 Å². The van der Waals surface area contributed by atoms with Crippen molar-refractivity contribution in [3.05, 3.63) is 59.4 Å². The predicted octanol–water partition coefficient (Wildman–Crippen LogP) is 3.29. The maximum atomic E-state index is 12.2. The summed E-state index contributed by atoms with van der Waals surface area (Å²) < 4.78 is 7.62. The maximum absolute atomic E-state index is 12.2. The summed E-state index contributed by atoms with van der Waals surface area (Å²) in [4.78, 5) is 21.8. The highest BCUT2D eigenvalue weighted by atomic mass is 35.5. The number of fused-ring (bicyclic) bond motifs is 1. The number of amides is 1. The minimum Gasteiger partial charge on any atom is -0.486 e. The summed E-state index contributed by atoms with van der Waals surface area (Å²) in [6.07, 6.45) is 0. The van der Waals surface area contributed by atoms with Gasteiger partial charge in [0.25, 0.3) is 5.91 Å². The molecule has 0 aliphatic carbocycles. The number of hydrogen-bond donors (Lipinski definition) is 0. The molecule has 0 N–H and O–H groups in total. The standard InChI is InChI=1S/C18H18ClN3O3/c1-21(24-2)18(23)11-22-16-6-4-3-5-15(16)20-17(22)12-25-14-9-7-13(19)8-10-14/h3-10H,11-12H2,1-2H3. The third-order valence-corrected chi connectivity index (χ3v) is 4.09. The minimum absolute atomic E-state index is 0.115. The Balaban J connectivity index is 1.86. The van der Waals surface area contributed by atoms with Crippen LogP contribution in [0.3, 0.4) is 0 Å². The van der Waals surface area contributed by atoms with Crippen LogP contribution < -0.4 is 4.74 Å². The molecule has 0 saturated heterocycles. The Bertz CT molecular complexity index is 877. The lowest BCUT2D eigenvalue weighted by Gasteiger charge is -2.16. The van der Waals surface area contributed by atoms with E-state index in [4.69, 9.17) is 21.2 Å². The summed E-state index contributed by atoms with van der Waals surface area (Å²) in [5.74, 6) is 1.16. The van der Waals surface area contributed by atoms with Gasteiger partial charge in [-0.3, -0.25) is 9.63 Å². The van der Waals surface area contributed by atoms with Crippen LogP contribution in [-0.2, 0) is 22.8 Å². The number of carbonyl (C=O) groups is 1. The summed E-state index contributed by atoms with van der Waals surface area (Å²) in [7, 11) is 3.03. The Kier molecular flexibility index (Phi) is 5.21. The summed E-state index contributed by atoms with van der Waals surface area (Å²) in [5, 5.41) is 1.84. The highest BCUT2D eigenvalue weighted by molar-refractivity contribution is 6.30. The molecular formula is C18H18ClN3O3. The number of nitrogens with zero attached hydrogens (tertiary/aromatic N) is 3. The molecule has 0 aliphatic heterocycles. The third-order valence-electron chi connectivity index (χ3n) is 3.83. The van der Waals surface area contributed by atoms with E-state index in [0.29, 0.717) is 16.6 Å². The molecule has 6 nitrogen and oxygen atoms in total. The zero-order valence-corrected chi connectivity index (χ0v) is 14.7. The molecule has 1 heterocycles. The highest BCUT2D eigenvalue weighted by Crippen LogP contribution is 2.20. The van der Waals surface area contributed by atoms with Gasteiger partial charge in [0.1, 0.15) is 24.7 Å². The summed E-state index contributed by atoms with van der Waals surface area (Å²) in [6.45, 7) is 0.352. The molecule has 0 unspecified atom stereocenters. The first-order valence-corrected chi connectivity index (χ1v) is 8.09.